The standard InChI is InChI=1S/C16H24BrNO3/c1-4-12(18)9-11-7-8-15(13(17)10-11)21-14(5-2)16(19)20-6-3/h7-8,10,12,14H,4-6,9,18H2,1-3H3. The lowest BCUT2D eigenvalue weighted by molar-refractivity contribution is -0.151. The maximum atomic E-state index is 11.8. The van der Waals surface area contributed by atoms with Crippen LogP contribution in [0.4, 0.5) is 0 Å². The molecular formula is C16H24BrNO3. The molecule has 4 nitrogen and oxygen atoms in total. The number of ether oxygens (including phenoxy) is 2. The van der Waals surface area contributed by atoms with Gasteiger partial charge in [-0.3, -0.25) is 0 Å². The Hall–Kier alpha value is -1.07. The molecule has 0 amide bonds. The van der Waals surface area contributed by atoms with Crippen LogP contribution in [0.1, 0.15) is 39.2 Å². The zero-order valence-corrected chi connectivity index (χ0v) is 14.5. The Bertz CT molecular complexity index is 465. The number of nitrogens with two attached hydrogens (primary N) is 1. The largest absolute Gasteiger partial charge is 0.478 e. The molecule has 21 heavy (non-hydrogen) atoms. The van der Waals surface area contributed by atoms with Crippen LogP contribution in [0.5, 0.6) is 5.75 Å². The summed E-state index contributed by atoms with van der Waals surface area (Å²) in [5, 5.41) is 0. The maximum absolute atomic E-state index is 11.8. The number of hydrogen-bond acceptors (Lipinski definition) is 4. The molecule has 0 heterocycles. The first kappa shape index (κ1) is 18.0. The Balaban J connectivity index is 2.77. The number of halogens is 1. The number of carbonyl (C=O) groups excluding carboxylic acids is 1. The van der Waals surface area contributed by atoms with Gasteiger partial charge in [0.15, 0.2) is 6.10 Å². The molecule has 2 unspecified atom stereocenters. The van der Waals surface area contributed by atoms with Crippen molar-refractivity contribution < 1.29 is 14.3 Å². The highest BCUT2D eigenvalue weighted by Gasteiger charge is 2.20. The van der Waals surface area contributed by atoms with E-state index in [1.54, 1.807) is 6.92 Å². The van der Waals surface area contributed by atoms with Crippen LogP contribution >= 0.6 is 15.9 Å². The summed E-state index contributed by atoms with van der Waals surface area (Å²) in [4.78, 5) is 11.8. The molecule has 2 N–H and O–H groups in total. The fourth-order valence-corrected chi connectivity index (χ4v) is 2.42. The number of hydrogen-bond donors (Lipinski definition) is 1. The quantitative estimate of drug-likeness (QED) is 0.723. The molecule has 5 heteroatoms. The van der Waals surface area contributed by atoms with Crippen LogP contribution in [0.25, 0.3) is 0 Å². The fourth-order valence-electron chi connectivity index (χ4n) is 1.90. The molecule has 2 atom stereocenters. The Kier molecular flexibility index (Phi) is 7.75. The summed E-state index contributed by atoms with van der Waals surface area (Å²) in [6, 6.07) is 5.99. The summed E-state index contributed by atoms with van der Waals surface area (Å²) < 4.78 is 11.6. The molecular weight excluding hydrogens is 334 g/mol. The van der Waals surface area contributed by atoms with E-state index in [1.807, 2.05) is 25.1 Å². The lowest BCUT2D eigenvalue weighted by Crippen LogP contribution is -2.28. The van der Waals surface area contributed by atoms with Crippen LogP contribution in [-0.4, -0.2) is 24.7 Å². The lowest BCUT2D eigenvalue weighted by Gasteiger charge is -2.18. The first-order chi connectivity index (χ1) is 10.0. The monoisotopic (exact) mass is 357 g/mol. The van der Waals surface area contributed by atoms with Crippen molar-refractivity contribution in [3.63, 3.8) is 0 Å². The lowest BCUT2D eigenvalue weighted by atomic mass is 10.0. The molecule has 0 aliphatic heterocycles. The van der Waals surface area contributed by atoms with Crippen molar-refractivity contribution in [3.8, 4) is 5.75 Å². The number of esters is 1. The van der Waals surface area contributed by atoms with Crippen LogP contribution in [0.2, 0.25) is 0 Å². The minimum atomic E-state index is -0.579. The Morgan fingerprint density at radius 1 is 1.29 bits per heavy atom. The van der Waals surface area contributed by atoms with Gasteiger partial charge in [0.05, 0.1) is 11.1 Å². The molecule has 118 valence electrons. The molecule has 1 rings (SSSR count). The van der Waals surface area contributed by atoms with Gasteiger partial charge in [-0.05, 0) is 59.8 Å². The number of rotatable bonds is 8. The van der Waals surface area contributed by atoms with Crippen molar-refractivity contribution >= 4 is 21.9 Å². The van der Waals surface area contributed by atoms with Crippen molar-refractivity contribution in [2.24, 2.45) is 5.73 Å². The van der Waals surface area contributed by atoms with Crippen LogP contribution < -0.4 is 10.5 Å². The molecule has 0 saturated carbocycles. The first-order valence-corrected chi connectivity index (χ1v) is 8.18. The van der Waals surface area contributed by atoms with Gasteiger partial charge in [-0.2, -0.15) is 0 Å². The molecule has 0 bridgehead atoms. The third kappa shape index (κ3) is 5.67. The summed E-state index contributed by atoms with van der Waals surface area (Å²) in [6.45, 7) is 6.10. The van der Waals surface area contributed by atoms with Crippen LogP contribution in [0, 0.1) is 0 Å². The molecule has 0 aromatic heterocycles. The van der Waals surface area contributed by atoms with Gasteiger partial charge < -0.3 is 15.2 Å². The van der Waals surface area contributed by atoms with Crippen LogP contribution in [-0.2, 0) is 16.0 Å². The molecule has 0 radical (unpaired) electrons. The average Bonchev–Trinajstić information content (AvgIpc) is 2.46. The predicted octanol–water partition coefficient (Wildman–Crippen LogP) is 3.45. The minimum absolute atomic E-state index is 0.159. The van der Waals surface area contributed by atoms with Gasteiger partial charge in [0, 0.05) is 6.04 Å². The van der Waals surface area contributed by atoms with Crippen molar-refractivity contribution in [3.05, 3.63) is 28.2 Å². The summed E-state index contributed by atoms with van der Waals surface area (Å²) >= 11 is 3.49. The highest BCUT2D eigenvalue weighted by molar-refractivity contribution is 9.10. The van der Waals surface area contributed by atoms with Gasteiger partial charge in [0.25, 0.3) is 0 Å². The molecule has 1 aromatic rings. The van der Waals surface area contributed by atoms with Gasteiger partial charge >= 0.3 is 5.97 Å². The molecule has 0 saturated heterocycles. The van der Waals surface area contributed by atoms with E-state index in [9.17, 15) is 4.79 Å². The maximum Gasteiger partial charge on any atom is 0.347 e. The number of benzene rings is 1. The van der Waals surface area contributed by atoms with Crippen molar-refractivity contribution in [2.45, 2.75) is 52.2 Å². The van der Waals surface area contributed by atoms with Crippen LogP contribution in [0.15, 0.2) is 22.7 Å². The average molecular weight is 358 g/mol. The molecule has 0 aliphatic carbocycles. The topological polar surface area (TPSA) is 61.5 Å². The van der Waals surface area contributed by atoms with E-state index in [-0.39, 0.29) is 12.0 Å². The van der Waals surface area contributed by atoms with Crippen molar-refractivity contribution in [2.75, 3.05) is 6.61 Å². The predicted molar refractivity (Wildman–Crippen MR) is 87.5 cm³/mol. The smallest absolute Gasteiger partial charge is 0.347 e. The summed E-state index contributed by atoms with van der Waals surface area (Å²) in [5.41, 5.74) is 7.11. The van der Waals surface area contributed by atoms with E-state index in [0.29, 0.717) is 18.8 Å². The highest BCUT2D eigenvalue weighted by atomic mass is 79.9. The zero-order chi connectivity index (χ0) is 15.8. The van der Waals surface area contributed by atoms with Gasteiger partial charge in [-0.1, -0.05) is 19.9 Å². The summed E-state index contributed by atoms with van der Waals surface area (Å²) in [7, 11) is 0. The number of carbonyl (C=O) groups is 1. The van der Waals surface area contributed by atoms with E-state index in [1.165, 1.54) is 0 Å². The zero-order valence-electron chi connectivity index (χ0n) is 12.9. The van der Waals surface area contributed by atoms with E-state index < -0.39 is 6.10 Å². The Labute approximate surface area is 135 Å². The highest BCUT2D eigenvalue weighted by Crippen LogP contribution is 2.28. The van der Waals surface area contributed by atoms with Gasteiger partial charge in [-0.15, -0.1) is 0 Å². The van der Waals surface area contributed by atoms with Crippen LogP contribution in [0.3, 0.4) is 0 Å². The third-order valence-corrected chi connectivity index (χ3v) is 3.83. The van der Waals surface area contributed by atoms with E-state index in [4.69, 9.17) is 15.2 Å². The SMILES string of the molecule is CCOC(=O)C(CC)Oc1ccc(CC(N)CC)cc1Br. The van der Waals surface area contributed by atoms with Gasteiger partial charge in [0.1, 0.15) is 5.75 Å². The fraction of sp³-hybridized carbons (Fsp3) is 0.562. The first-order valence-electron chi connectivity index (χ1n) is 7.39. The Morgan fingerprint density at radius 3 is 2.52 bits per heavy atom. The summed E-state index contributed by atoms with van der Waals surface area (Å²) in [6.07, 6.45) is 1.75. The molecule has 0 spiro atoms. The molecule has 1 aromatic carbocycles. The van der Waals surface area contributed by atoms with E-state index in [2.05, 4.69) is 22.9 Å². The van der Waals surface area contributed by atoms with Gasteiger partial charge in [0.2, 0.25) is 0 Å². The second-order valence-electron chi connectivity index (χ2n) is 4.90. The second kappa shape index (κ2) is 9.05. The van der Waals surface area contributed by atoms with Crippen molar-refractivity contribution in [1.82, 2.24) is 0 Å². The molecule has 0 fully saturated rings. The Morgan fingerprint density at radius 2 is 2.00 bits per heavy atom. The normalized spacial score (nSPS) is 13.6. The molecule has 0 aliphatic rings. The minimum Gasteiger partial charge on any atom is -0.478 e. The van der Waals surface area contributed by atoms with Crippen molar-refractivity contribution in [1.29, 1.82) is 0 Å². The van der Waals surface area contributed by atoms with E-state index in [0.717, 1.165) is 22.9 Å². The van der Waals surface area contributed by atoms with Gasteiger partial charge in [-0.25, -0.2) is 4.79 Å². The summed E-state index contributed by atoms with van der Waals surface area (Å²) in [5.74, 6) is 0.313. The van der Waals surface area contributed by atoms with E-state index >= 15 is 0 Å². The second-order valence-corrected chi connectivity index (χ2v) is 5.76. The third-order valence-electron chi connectivity index (χ3n) is 3.21.